The van der Waals surface area contributed by atoms with Crippen LogP contribution in [0.2, 0.25) is 0 Å². The number of hydrogen-bond donors (Lipinski definition) is 2. The average molecular weight is 408 g/mol. The average Bonchev–Trinajstić information content (AvgIpc) is 3.34. The number of nitrogens with one attached hydrogen (secondary N) is 2. The largest absolute Gasteiger partial charge is 0.354 e. The first-order valence-corrected chi connectivity index (χ1v) is 10.6. The van der Waals surface area contributed by atoms with Crippen LogP contribution in [0.5, 0.6) is 0 Å². The summed E-state index contributed by atoms with van der Waals surface area (Å²) in [5, 5.41) is 1.97. The number of aromatic amines is 2. The van der Waals surface area contributed by atoms with Gasteiger partial charge in [-0.3, -0.25) is 0 Å². The molecule has 6 aromatic rings. The standard InChI is InChI=1S/C22H14F2N2S2/c1-10-4-18-22(27-10)16-7-13(24)5-11(20(16)26-18)6-14-9-19-21(28-14)15-3-2-12(23)8-17(15)25-19/h2-5,7-9,25-26H,6H2,1H3. The van der Waals surface area contributed by atoms with Gasteiger partial charge in [0.15, 0.2) is 0 Å². The highest BCUT2D eigenvalue weighted by molar-refractivity contribution is 7.20. The molecular weight excluding hydrogens is 394 g/mol. The summed E-state index contributed by atoms with van der Waals surface area (Å²) in [6.07, 6.45) is 0.650. The zero-order valence-electron chi connectivity index (χ0n) is 14.8. The predicted octanol–water partition coefficient (Wildman–Crippen LogP) is 7.26. The van der Waals surface area contributed by atoms with Crippen LogP contribution in [0.3, 0.4) is 0 Å². The van der Waals surface area contributed by atoms with Crippen molar-refractivity contribution < 1.29 is 8.78 Å². The molecule has 0 amide bonds. The molecule has 0 spiro atoms. The van der Waals surface area contributed by atoms with Gasteiger partial charge in [0.25, 0.3) is 0 Å². The smallest absolute Gasteiger partial charge is 0.125 e. The third-order valence-electron chi connectivity index (χ3n) is 5.19. The Bertz CT molecular complexity index is 1530. The minimum Gasteiger partial charge on any atom is -0.354 e. The lowest BCUT2D eigenvalue weighted by molar-refractivity contribution is 0.628. The van der Waals surface area contributed by atoms with E-state index in [0.29, 0.717) is 6.42 Å². The van der Waals surface area contributed by atoms with Gasteiger partial charge in [0, 0.05) is 26.9 Å². The van der Waals surface area contributed by atoms with Gasteiger partial charge in [-0.25, -0.2) is 8.78 Å². The second-order valence-corrected chi connectivity index (χ2v) is 9.55. The monoisotopic (exact) mass is 408 g/mol. The van der Waals surface area contributed by atoms with Gasteiger partial charge in [0.1, 0.15) is 11.6 Å². The molecule has 0 aliphatic heterocycles. The van der Waals surface area contributed by atoms with Crippen molar-refractivity contribution in [2.75, 3.05) is 0 Å². The number of benzene rings is 2. The summed E-state index contributed by atoms with van der Waals surface area (Å²) in [6.45, 7) is 2.06. The molecule has 0 unspecified atom stereocenters. The van der Waals surface area contributed by atoms with E-state index in [1.165, 1.54) is 17.0 Å². The van der Waals surface area contributed by atoms with Crippen LogP contribution >= 0.6 is 22.7 Å². The van der Waals surface area contributed by atoms with Crippen molar-refractivity contribution in [2.45, 2.75) is 13.3 Å². The van der Waals surface area contributed by atoms with E-state index in [2.05, 4.69) is 29.0 Å². The zero-order valence-corrected chi connectivity index (χ0v) is 16.5. The van der Waals surface area contributed by atoms with Crippen molar-refractivity contribution in [2.24, 2.45) is 0 Å². The molecule has 0 bridgehead atoms. The molecule has 2 aromatic carbocycles. The van der Waals surface area contributed by atoms with Crippen molar-refractivity contribution in [3.05, 3.63) is 69.4 Å². The van der Waals surface area contributed by atoms with Crippen molar-refractivity contribution in [1.82, 2.24) is 9.97 Å². The maximum atomic E-state index is 14.4. The Hall–Kier alpha value is -2.70. The Morgan fingerprint density at radius 2 is 1.61 bits per heavy atom. The number of thiophene rings is 2. The number of fused-ring (bicyclic) bond motifs is 6. The SMILES string of the molecule is Cc1cc2[nH]c3c(Cc4cc5[nH]c6cc(F)ccc6c5s4)cc(F)cc3c2s1. The van der Waals surface area contributed by atoms with Gasteiger partial charge >= 0.3 is 0 Å². The van der Waals surface area contributed by atoms with E-state index in [-0.39, 0.29) is 11.6 Å². The predicted molar refractivity (Wildman–Crippen MR) is 115 cm³/mol. The first kappa shape index (κ1) is 16.3. The van der Waals surface area contributed by atoms with Crippen LogP contribution in [0.4, 0.5) is 8.78 Å². The Balaban J connectivity index is 1.49. The summed E-state index contributed by atoms with van der Waals surface area (Å²) >= 11 is 3.36. The second kappa shape index (κ2) is 5.65. The quantitative estimate of drug-likeness (QED) is 0.302. The number of aryl methyl sites for hydroxylation is 1. The van der Waals surface area contributed by atoms with Gasteiger partial charge in [-0.2, -0.15) is 0 Å². The van der Waals surface area contributed by atoms with Crippen molar-refractivity contribution in [3.8, 4) is 0 Å². The summed E-state index contributed by atoms with van der Waals surface area (Å²) in [6, 6.07) is 12.3. The lowest BCUT2D eigenvalue weighted by Crippen LogP contribution is -1.89. The number of aromatic nitrogens is 2. The summed E-state index contributed by atoms with van der Waals surface area (Å²) in [5.74, 6) is -0.455. The van der Waals surface area contributed by atoms with E-state index in [4.69, 9.17) is 0 Å². The molecule has 4 heterocycles. The van der Waals surface area contributed by atoms with Crippen LogP contribution in [-0.4, -0.2) is 9.97 Å². The fourth-order valence-electron chi connectivity index (χ4n) is 4.04. The van der Waals surface area contributed by atoms with Crippen LogP contribution < -0.4 is 0 Å². The summed E-state index contributed by atoms with van der Waals surface area (Å²) in [5.41, 5.74) is 4.83. The van der Waals surface area contributed by atoms with Gasteiger partial charge in [-0.1, -0.05) is 0 Å². The Labute approximate surface area is 166 Å². The third-order valence-corrected chi connectivity index (χ3v) is 7.44. The van der Waals surface area contributed by atoms with Crippen LogP contribution in [0.25, 0.3) is 42.2 Å². The van der Waals surface area contributed by atoms with E-state index in [1.54, 1.807) is 34.8 Å². The van der Waals surface area contributed by atoms with Gasteiger partial charge in [-0.15, -0.1) is 22.7 Å². The first-order chi connectivity index (χ1) is 13.5. The summed E-state index contributed by atoms with van der Waals surface area (Å²) < 4.78 is 30.0. The maximum absolute atomic E-state index is 14.4. The molecular formula is C22H14F2N2S2. The van der Waals surface area contributed by atoms with Crippen LogP contribution in [-0.2, 0) is 6.42 Å². The molecule has 28 heavy (non-hydrogen) atoms. The fraction of sp³-hybridized carbons (Fsp3) is 0.0909. The second-order valence-electron chi connectivity index (χ2n) is 7.16. The van der Waals surface area contributed by atoms with Gasteiger partial charge in [0.2, 0.25) is 0 Å². The lowest BCUT2D eigenvalue weighted by Gasteiger charge is -2.03. The van der Waals surface area contributed by atoms with Crippen molar-refractivity contribution in [1.29, 1.82) is 0 Å². The Kier molecular flexibility index (Phi) is 3.29. The molecule has 0 fully saturated rings. The van der Waals surface area contributed by atoms with E-state index in [9.17, 15) is 8.78 Å². The lowest BCUT2D eigenvalue weighted by atomic mass is 10.1. The van der Waals surface area contributed by atoms with Crippen LogP contribution in [0.1, 0.15) is 15.3 Å². The van der Waals surface area contributed by atoms with Crippen molar-refractivity contribution >= 4 is 64.9 Å². The normalized spacial score (nSPS) is 12.2. The molecule has 0 saturated heterocycles. The molecule has 0 aliphatic rings. The van der Waals surface area contributed by atoms with E-state index < -0.39 is 0 Å². The molecule has 2 N–H and O–H groups in total. The van der Waals surface area contributed by atoms with E-state index in [0.717, 1.165) is 52.7 Å². The van der Waals surface area contributed by atoms with Gasteiger partial charge in [0.05, 0.1) is 31.5 Å². The highest BCUT2D eigenvalue weighted by Crippen LogP contribution is 2.37. The highest BCUT2D eigenvalue weighted by Gasteiger charge is 2.15. The number of halogens is 2. The van der Waals surface area contributed by atoms with Crippen molar-refractivity contribution in [3.63, 3.8) is 0 Å². The van der Waals surface area contributed by atoms with E-state index >= 15 is 0 Å². The molecule has 138 valence electrons. The van der Waals surface area contributed by atoms with E-state index in [1.807, 2.05) is 6.07 Å². The molecule has 4 aromatic heterocycles. The number of hydrogen-bond acceptors (Lipinski definition) is 2. The summed E-state index contributed by atoms with van der Waals surface area (Å²) in [7, 11) is 0. The minimum atomic E-state index is -0.245. The molecule has 2 nitrogen and oxygen atoms in total. The Morgan fingerprint density at radius 1 is 0.786 bits per heavy atom. The Morgan fingerprint density at radius 3 is 2.50 bits per heavy atom. The summed E-state index contributed by atoms with van der Waals surface area (Å²) in [4.78, 5) is 9.12. The first-order valence-electron chi connectivity index (χ1n) is 8.95. The third kappa shape index (κ3) is 2.34. The topological polar surface area (TPSA) is 31.6 Å². The zero-order chi connectivity index (χ0) is 19.0. The molecule has 0 radical (unpaired) electrons. The van der Waals surface area contributed by atoms with Gasteiger partial charge < -0.3 is 9.97 Å². The maximum Gasteiger partial charge on any atom is 0.125 e. The number of H-pyrrole nitrogens is 2. The van der Waals surface area contributed by atoms with Crippen LogP contribution in [0.15, 0.2) is 42.5 Å². The highest BCUT2D eigenvalue weighted by atomic mass is 32.1. The van der Waals surface area contributed by atoms with Crippen LogP contribution in [0, 0.1) is 18.6 Å². The minimum absolute atomic E-state index is 0.211. The molecule has 6 heteroatoms. The molecule has 6 rings (SSSR count). The molecule has 0 saturated carbocycles. The molecule has 0 aliphatic carbocycles. The van der Waals surface area contributed by atoms with Gasteiger partial charge in [-0.05, 0) is 55.0 Å². The molecule has 0 atom stereocenters. The fourth-order valence-corrected chi connectivity index (χ4v) is 6.21. The number of rotatable bonds is 2.